The Hall–Kier alpha value is -2.17. The predicted molar refractivity (Wildman–Crippen MR) is 88.8 cm³/mol. The van der Waals surface area contributed by atoms with Gasteiger partial charge in [-0.3, -0.25) is 4.31 Å². The highest BCUT2D eigenvalue weighted by molar-refractivity contribution is 7.90. The smallest absolute Gasteiger partial charge is 0.337 e. The molecule has 1 fully saturated rings. The average molecular weight is 372 g/mol. The van der Waals surface area contributed by atoms with Gasteiger partial charge in [-0.1, -0.05) is 0 Å². The third-order valence-electron chi connectivity index (χ3n) is 3.77. The van der Waals surface area contributed by atoms with E-state index in [0.29, 0.717) is 13.2 Å². The standard InChI is InChI=1S/C15H20N2O7S/c1-16(25(20,21)17-4-6-24-7-5-17)13-9-11(14(18)22-2)8-12(10-13)15(19)23-3/h8-10H,4-7H2,1-3H3. The Morgan fingerprint density at radius 2 is 1.52 bits per heavy atom. The lowest BCUT2D eigenvalue weighted by molar-refractivity contribution is 0.0599. The zero-order valence-electron chi connectivity index (χ0n) is 14.2. The van der Waals surface area contributed by atoms with Gasteiger partial charge < -0.3 is 14.2 Å². The molecule has 25 heavy (non-hydrogen) atoms. The maximum absolute atomic E-state index is 12.8. The number of morpholine rings is 1. The zero-order chi connectivity index (χ0) is 18.6. The Labute approximate surface area is 146 Å². The fourth-order valence-electron chi connectivity index (χ4n) is 2.35. The molecule has 0 unspecified atom stereocenters. The molecule has 0 radical (unpaired) electrons. The van der Waals surface area contributed by atoms with Gasteiger partial charge in [0.25, 0.3) is 0 Å². The number of anilines is 1. The van der Waals surface area contributed by atoms with Crippen molar-refractivity contribution in [2.75, 3.05) is 51.9 Å². The fraction of sp³-hybridized carbons (Fsp3) is 0.467. The summed E-state index contributed by atoms with van der Waals surface area (Å²) in [6.45, 7) is 1.08. The number of methoxy groups -OCH3 is 2. The van der Waals surface area contributed by atoms with Crippen LogP contribution in [0.1, 0.15) is 20.7 Å². The fourth-order valence-corrected chi connectivity index (χ4v) is 3.68. The average Bonchev–Trinajstić information content (AvgIpc) is 2.66. The third-order valence-corrected chi connectivity index (χ3v) is 5.69. The number of hydrogen-bond donors (Lipinski definition) is 0. The van der Waals surface area contributed by atoms with Crippen LogP contribution < -0.4 is 4.31 Å². The third kappa shape index (κ3) is 4.09. The number of ether oxygens (including phenoxy) is 3. The van der Waals surface area contributed by atoms with Gasteiger partial charge in [-0.2, -0.15) is 12.7 Å². The number of rotatable bonds is 5. The Kier molecular flexibility index (Phi) is 5.98. The summed E-state index contributed by atoms with van der Waals surface area (Å²) in [4.78, 5) is 23.7. The molecule has 0 atom stereocenters. The number of hydrogen-bond acceptors (Lipinski definition) is 7. The Bertz CT molecular complexity index is 723. The minimum atomic E-state index is -3.83. The Morgan fingerprint density at radius 1 is 1.04 bits per heavy atom. The SMILES string of the molecule is COC(=O)c1cc(C(=O)OC)cc(N(C)S(=O)(=O)N2CCOCC2)c1. The molecule has 0 spiro atoms. The highest BCUT2D eigenvalue weighted by Crippen LogP contribution is 2.24. The number of nitrogens with zero attached hydrogens (tertiary/aromatic N) is 2. The van der Waals surface area contributed by atoms with Crippen LogP contribution in [-0.4, -0.2) is 72.2 Å². The molecule has 138 valence electrons. The molecule has 9 nitrogen and oxygen atoms in total. The van der Waals surface area contributed by atoms with Gasteiger partial charge in [-0.25, -0.2) is 9.59 Å². The monoisotopic (exact) mass is 372 g/mol. The van der Waals surface area contributed by atoms with E-state index >= 15 is 0 Å². The van der Waals surface area contributed by atoms with Gasteiger partial charge >= 0.3 is 22.1 Å². The zero-order valence-corrected chi connectivity index (χ0v) is 15.0. The van der Waals surface area contributed by atoms with Crippen molar-refractivity contribution in [2.45, 2.75) is 0 Å². The summed E-state index contributed by atoms with van der Waals surface area (Å²) in [5.74, 6) is -1.38. The minimum absolute atomic E-state index is 0.0458. The summed E-state index contributed by atoms with van der Waals surface area (Å²) >= 11 is 0. The van der Waals surface area contributed by atoms with Crippen LogP contribution in [0.4, 0.5) is 5.69 Å². The van der Waals surface area contributed by atoms with Gasteiger partial charge in [0, 0.05) is 20.1 Å². The molecule has 0 amide bonds. The van der Waals surface area contributed by atoms with Crippen molar-refractivity contribution >= 4 is 27.8 Å². The molecular formula is C15H20N2O7S. The van der Waals surface area contributed by atoms with Crippen LogP contribution >= 0.6 is 0 Å². The van der Waals surface area contributed by atoms with Gasteiger partial charge in [-0.15, -0.1) is 0 Å². The largest absolute Gasteiger partial charge is 0.465 e. The van der Waals surface area contributed by atoms with Gasteiger partial charge in [0.2, 0.25) is 0 Å². The normalized spacial score (nSPS) is 15.5. The second-order valence-corrected chi connectivity index (χ2v) is 7.20. The first-order valence-electron chi connectivity index (χ1n) is 7.44. The lowest BCUT2D eigenvalue weighted by atomic mass is 10.1. The molecule has 1 aliphatic rings. The lowest BCUT2D eigenvalue weighted by Gasteiger charge is -2.31. The van der Waals surface area contributed by atoms with Crippen LogP contribution in [0.25, 0.3) is 0 Å². The van der Waals surface area contributed by atoms with Gasteiger partial charge in [0.15, 0.2) is 0 Å². The van der Waals surface area contributed by atoms with Crippen molar-refractivity contribution in [3.63, 3.8) is 0 Å². The molecule has 0 aliphatic carbocycles. The molecule has 10 heteroatoms. The lowest BCUT2D eigenvalue weighted by Crippen LogP contribution is -2.47. The molecule has 1 saturated heterocycles. The number of esters is 2. The van der Waals surface area contributed by atoms with Crippen LogP contribution in [0.3, 0.4) is 0 Å². The molecule has 2 rings (SSSR count). The van der Waals surface area contributed by atoms with E-state index in [9.17, 15) is 18.0 Å². The maximum atomic E-state index is 12.8. The number of benzene rings is 1. The Morgan fingerprint density at radius 3 is 1.96 bits per heavy atom. The molecular weight excluding hydrogens is 352 g/mol. The van der Waals surface area contributed by atoms with Crippen molar-refractivity contribution < 1.29 is 32.2 Å². The first-order valence-corrected chi connectivity index (χ1v) is 8.84. The first kappa shape index (κ1) is 19.2. The van der Waals surface area contributed by atoms with Crippen molar-refractivity contribution in [3.05, 3.63) is 29.3 Å². The number of carbonyl (C=O) groups is 2. The summed E-state index contributed by atoms with van der Waals surface area (Å²) in [6, 6.07) is 3.98. The highest BCUT2D eigenvalue weighted by atomic mass is 32.2. The topological polar surface area (TPSA) is 102 Å². The van der Waals surface area contributed by atoms with Gasteiger partial charge in [0.05, 0.1) is 44.2 Å². The van der Waals surface area contributed by atoms with E-state index in [-0.39, 0.29) is 29.9 Å². The van der Waals surface area contributed by atoms with E-state index in [1.165, 1.54) is 43.8 Å². The van der Waals surface area contributed by atoms with Crippen LogP contribution in [0, 0.1) is 0 Å². The van der Waals surface area contributed by atoms with E-state index in [1.807, 2.05) is 0 Å². The summed E-state index contributed by atoms with van der Waals surface area (Å²) in [7, 11) is -0.0907. The van der Waals surface area contributed by atoms with Crippen molar-refractivity contribution in [1.29, 1.82) is 0 Å². The molecule has 1 aliphatic heterocycles. The highest BCUT2D eigenvalue weighted by Gasteiger charge is 2.30. The molecule has 0 N–H and O–H groups in total. The summed E-state index contributed by atoms with van der Waals surface area (Å²) < 4.78 is 42.3. The van der Waals surface area contributed by atoms with E-state index in [0.717, 1.165) is 4.31 Å². The van der Waals surface area contributed by atoms with Crippen molar-refractivity contribution in [2.24, 2.45) is 0 Å². The quantitative estimate of drug-likeness (QED) is 0.684. The molecule has 0 saturated carbocycles. The number of carbonyl (C=O) groups excluding carboxylic acids is 2. The van der Waals surface area contributed by atoms with Crippen LogP contribution in [0.2, 0.25) is 0 Å². The van der Waals surface area contributed by atoms with Crippen molar-refractivity contribution in [1.82, 2.24) is 4.31 Å². The van der Waals surface area contributed by atoms with Crippen LogP contribution in [-0.2, 0) is 24.4 Å². The maximum Gasteiger partial charge on any atom is 0.337 e. The van der Waals surface area contributed by atoms with E-state index in [1.54, 1.807) is 0 Å². The van der Waals surface area contributed by atoms with Crippen molar-refractivity contribution in [3.8, 4) is 0 Å². The summed E-state index contributed by atoms with van der Waals surface area (Å²) in [6.07, 6.45) is 0. The molecule has 0 aromatic heterocycles. The second kappa shape index (κ2) is 7.81. The van der Waals surface area contributed by atoms with Crippen LogP contribution in [0.5, 0.6) is 0 Å². The first-order chi connectivity index (χ1) is 11.8. The van der Waals surface area contributed by atoms with Gasteiger partial charge in [0.1, 0.15) is 0 Å². The molecule has 1 aromatic rings. The minimum Gasteiger partial charge on any atom is -0.465 e. The van der Waals surface area contributed by atoms with Gasteiger partial charge in [-0.05, 0) is 18.2 Å². The summed E-state index contributed by atoms with van der Waals surface area (Å²) in [5, 5.41) is 0. The van der Waals surface area contributed by atoms with Crippen LogP contribution in [0.15, 0.2) is 18.2 Å². The predicted octanol–water partition coefficient (Wildman–Crippen LogP) is 0.273. The van der Waals surface area contributed by atoms with E-state index in [4.69, 9.17) is 4.74 Å². The molecule has 1 aromatic carbocycles. The Balaban J connectivity index is 2.45. The van der Waals surface area contributed by atoms with E-state index in [2.05, 4.69) is 9.47 Å². The second-order valence-electron chi connectivity index (χ2n) is 5.24. The molecule has 1 heterocycles. The molecule has 0 bridgehead atoms. The van der Waals surface area contributed by atoms with E-state index < -0.39 is 22.1 Å². The summed E-state index contributed by atoms with van der Waals surface area (Å²) in [5.41, 5.74) is 0.239.